The average molecular weight is 240 g/mol. The van der Waals surface area contributed by atoms with Crippen molar-refractivity contribution in [1.82, 2.24) is 9.97 Å². The zero-order chi connectivity index (χ0) is 12.3. The molecule has 2 heterocycles. The Morgan fingerprint density at radius 1 is 1.53 bits per heavy atom. The third kappa shape index (κ3) is 2.78. The van der Waals surface area contributed by atoms with E-state index in [0.29, 0.717) is 26.1 Å². The number of anilines is 1. The highest BCUT2D eigenvalue weighted by atomic mass is 16.6. The fraction of sp³-hybridized carbons (Fsp3) is 0.556. The number of rotatable bonds is 3. The molecule has 8 nitrogen and oxygen atoms in total. The minimum absolute atomic E-state index is 0.0438. The van der Waals surface area contributed by atoms with E-state index in [2.05, 4.69) is 9.97 Å². The molecule has 0 atom stereocenters. The second-order valence-electron chi connectivity index (χ2n) is 3.61. The largest absolute Gasteiger partial charge is 0.469 e. The Morgan fingerprint density at radius 3 is 2.88 bits per heavy atom. The van der Waals surface area contributed by atoms with Gasteiger partial charge < -0.3 is 15.2 Å². The highest BCUT2D eigenvalue weighted by Gasteiger charge is 2.23. The maximum atomic E-state index is 10.8. The molecule has 8 heteroatoms. The van der Waals surface area contributed by atoms with Crippen LogP contribution in [-0.2, 0) is 4.74 Å². The summed E-state index contributed by atoms with van der Waals surface area (Å²) in [5.74, 6) is -0.118. The minimum Gasteiger partial charge on any atom is -0.469 e. The van der Waals surface area contributed by atoms with Crippen molar-refractivity contribution in [3.8, 4) is 5.88 Å². The predicted octanol–water partition coefficient (Wildman–Crippen LogP) is 0.525. The summed E-state index contributed by atoms with van der Waals surface area (Å²) in [6.07, 6.45) is 2.29. The van der Waals surface area contributed by atoms with Gasteiger partial charge in [-0.05, 0) is 0 Å². The highest BCUT2D eigenvalue weighted by molar-refractivity contribution is 5.41. The Kier molecular flexibility index (Phi) is 3.33. The summed E-state index contributed by atoms with van der Waals surface area (Å²) < 4.78 is 10.6. The second-order valence-corrected chi connectivity index (χ2v) is 3.61. The molecule has 1 fully saturated rings. The van der Waals surface area contributed by atoms with Crippen molar-refractivity contribution in [3.63, 3.8) is 0 Å². The smallest absolute Gasteiger partial charge is 0.349 e. The molecule has 0 spiro atoms. The van der Waals surface area contributed by atoms with E-state index in [1.807, 2.05) is 0 Å². The first kappa shape index (κ1) is 11.5. The molecule has 0 radical (unpaired) electrons. The number of nitrogens with zero attached hydrogens (tertiary/aromatic N) is 3. The van der Waals surface area contributed by atoms with Gasteiger partial charge in [0.25, 0.3) is 5.88 Å². The third-order valence-electron chi connectivity index (χ3n) is 2.40. The van der Waals surface area contributed by atoms with Crippen LogP contribution in [0.1, 0.15) is 12.8 Å². The zero-order valence-corrected chi connectivity index (χ0v) is 9.04. The first-order chi connectivity index (χ1) is 8.16. The van der Waals surface area contributed by atoms with Crippen molar-refractivity contribution in [1.29, 1.82) is 0 Å². The van der Waals surface area contributed by atoms with Crippen LogP contribution in [-0.4, -0.2) is 34.2 Å². The topological polar surface area (TPSA) is 113 Å². The van der Waals surface area contributed by atoms with Crippen LogP contribution in [0.3, 0.4) is 0 Å². The Labute approximate surface area is 96.9 Å². The van der Waals surface area contributed by atoms with E-state index in [1.54, 1.807) is 0 Å². The van der Waals surface area contributed by atoms with Gasteiger partial charge in [0.1, 0.15) is 12.3 Å². The molecule has 1 aliphatic heterocycles. The molecule has 0 aromatic carbocycles. The monoisotopic (exact) mass is 240 g/mol. The molecule has 0 bridgehead atoms. The standard InChI is InChI=1S/C9H12N4O4/c10-9-11-5-7(13(14)15)8(12-9)17-6-1-3-16-4-2-6/h5-6H,1-4H2,(H2,10,11,12). The van der Waals surface area contributed by atoms with Crippen molar-refractivity contribution in [3.05, 3.63) is 16.3 Å². The lowest BCUT2D eigenvalue weighted by molar-refractivity contribution is -0.386. The van der Waals surface area contributed by atoms with Crippen LogP contribution in [0.15, 0.2) is 6.20 Å². The molecular weight excluding hydrogens is 228 g/mol. The van der Waals surface area contributed by atoms with E-state index in [9.17, 15) is 10.1 Å². The Balaban J connectivity index is 2.17. The molecule has 0 saturated carbocycles. The van der Waals surface area contributed by atoms with E-state index in [1.165, 1.54) is 0 Å². The maximum Gasteiger partial charge on any atom is 0.349 e. The summed E-state index contributed by atoms with van der Waals surface area (Å²) in [5.41, 5.74) is 5.11. The van der Waals surface area contributed by atoms with Gasteiger partial charge in [0.15, 0.2) is 0 Å². The van der Waals surface area contributed by atoms with Crippen LogP contribution in [0.2, 0.25) is 0 Å². The third-order valence-corrected chi connectivity index (χ3v) is 2.40. The molecule has 17 heavy (non-hydrogen) atoms. The van der Waals surface area contributed by atoms with Gasteiger partial charge in [0.05, 0.1) is 18.1 Å². The van der Waals surface area contributed by atoms with E-state index in [0.717, 1.165) is 6.20 Å². The molecule has 0 amide bonds. The first-order valence-electron chi connectivity index (χ1n) is 5.18. The fourth-order valence-electron chi connectivity index (χ4n) is 1.54. The van der Waals surface area contributed by atoms with Crippen molar-refractivity contribution in [2.45, 2.75) is 18.9 Å². The zero-order valence-electron chi connectivity index (χ0n) is 9.04. The molecule has 0 aliphatic carbocycles. The van der Waals surface area contributed by atoms with Gasteiger partial charge >= 0.3 is 5.69 Å². The minimum atomic E-state index is -0.589. The summed E-state index contributed by atoms with van der Waals surface area (Å²) >= 11 is 0. The van der Waals surface area contributed by atoms with Crippen molar-refractivity contribution in [2.24, 2.45) is 0 Å². The van der Waals surface area contributed by atoms with Gasteiger partial charge in [-0.25, -0.2) is 4.98 Å². The maximum absolute atomic E-state index is 10.8. The van der Waals surface area contributed by atoms with Crippen LogP contribution < -0.4 is 10.5 Å². The molecule has 2 N–H and O–H groups in total. The SMILES string of the molecule is Nc1ncc([N+](=O)[O-])c(OC2CCOCC2)n1. The summed E-state index contributed by atoms with van der Waals surface area (Å²) in [6, 6.07) is 0. The average Bonchev–Trinajstić information content (AvgIpc) is 2.30. The Bertz CT molecular complexity index is 419. The van der Waals surface area contributed by atoms with Crippen LogP contribution in [0.4, 0.5) is 11.6 Å². The van der Waals surface area contributed by atoms with Gasteiger partial charge in [0.2, 0.25) is 5.95 Å². The Hall–Kier alpha value is -1.96. The quantitative estimate of drug-likeness (QED) is 0.605. The molecule has 92 valence electrons. The van der Waals surface area contributed by atoms with Crippen LogP contribution in [0, 0.1) is 10.1 Å². The number of hydrogen-bond acceptors (Lipinski definition) is 7. The molecule has 1 aliphatic rings. The summed E-state index contributed by atoms with van der Waals surface area (Å²) in [5, 5.41) is 10.8. The Morgan fingerprint density at radius 2 is 2.24 bits per heavy atom. The van der Waals surface area contributed by atoms with Crippen LogP contribution >= 0.6 is 0 Å². The predicted molar refractivity (Wildman–Crippen MR) is 57.6 cm³/mol. The summed E-state index contributed by atoms with van der Waals surface area (Å²) in [6.45, 7) is 1.16. The van der Waals surface area contributed by atoms with Gasteiger partial charge in [-0.2, -0.15) is 4.98 Å². The van der Waals surface area contributed by atoms with E-state index in [-0.39, 0.29) is 23.6 Å². The lowest BCUT2D eigenvalue weighted by Gasteiger charge is -2.22. The summed E-state index contributed by atoms with van der Waals surface area (Å²) in [7, 11) is 0. The lowest BCUT2D eigenvalue weighted by atomic mass is 10.1. The number of ether oxygens (including phenoxy) is 2. The van der Waals surface area contributed by atoms with Gasteiger partial charge in [-0.1, -0.05) is 0 Å². The second kappa shape index (κ2) is 4.91. The molecular formula is C9H12N4O4. The van der Waals surface area contributed by atoms with Gasteiger partial charge in [-0.15, -0.1) is 0 Å². The number of nitrogens with two attached hydrogens (primary N) is 1. The highest BCUT2D eigenvalue weighted by Crippen LogP contribution is 2.26. The lowest BCUT2D eigenvalue weighted by Crippen LogP contribution is -2.26. The normalized spacial score (nSPS) is 16.7. The molecule has 1 aromatic rings. The number of nitro groups is 1. The molecule has 1 saturated heterocycles. The van der Waals surface area contributed by atoms with Crippen LogP contribution in [0.5, 0.6) is 5.88 Å². The molecule has 0 unspecified atom stereocenters. The molecule has 1 aromatic heterocycles. The van der Waals surface area contributed by atoms with Crippen molar-refractivity contribution < 1.29 is 14.4 Å². The molecule has 2 rings (SSSR count). The van der Waals surface area contributed by atoms with E-state index in [4.69, 9.17) is 15.2 Å². The number of nitrogen functional groups attached to an aromatic ring is 1. The van der Waals surface area contributed by atoms with Gasteiger partial charge in [-0.3, -0.25) is 10.1 Å². The van der Waals surface area contributed by atoms with Crippen molar-refractivity contribution >= 4 is 11.6 Å². The number of aromatic nitrogens is 2. The van der Waals surface area contributed by atoms with Crippen LogP contribution in [0.25, 0.3) is 0 Å². The number of hydrogen-bond donors (Lipinski definition) is 1. The van der Waals surface area contributed by atoms with E-state index >= 15 is 0 Å². The first-order valence-corrected chi connectivity index (χ1v) is 5.18. The van der Waals surface area contributed by atoms with Gasteiger partial charge in [0, 0.05) is 12.8 Å². The fourth-order valence-corrected chi connectivity index (χ4v) is 1.54. The van der Waals surface area contributed by atoms with E-state index < -0.39 is 4.92 Å². The summed E-state index contributed by atoms with van der Waals surface area (Å²) in [4.78, 5) is 17.5. The van der Waals surface area contributed by atoms with Crippen molar-refractivity contribution in [2.75, 3.05) is 18.9 Å².